The quantitative estimate of drug-likeness (QED) is 0.903. The Morgan fingerprint density at radius 3 is 3.06 bits per heavy atom. The predicted octanol–water partition coefficient (Wildman–Crippen LogP) is 3.12. The van der Waals surface area contributed by atoms with Crippen LogP contribution in [-0.4, -0.2) is 27.7 Å². The van der Waals surface area contributed by atoms with Gasteiger partial charge in [-0.05, 0) is 35.8 Å². The number of hydrogen-bond acceptors (Lipinski definition) is 4. The maximum Gasteiger partial charge on any atom is 0.0794 e. The molecule has 3 rings (SSSR count). The highest BCUT2D eigenvalue weighted by Gasteiger charge is 2.14. The monoisotopic (exact) mass is 279 g/mol. The second-order valence-corrected chi connectivity index (χ2v) is 6.69. The van der Waals surface area contributed by atoms with Crippen molar-refractivity contribution in [1.82, 2.24) is 15.5 Å². The van der Waals surface area contributed by atoms with Gasteiger partial charge in [0.1, 0.15) is 0 Å². The van der Waals surface area contributed by atoms with Crippen LogP contribution in [0, 0.1) is 0 Å². The van der Waals surface area contributed by atoms with Gasteiger partial charge in [0, 0.05) is 18.2 Å². The molecule has 0 radical (unpaired) electrons. The first kappa shape index (κ1) is 12.3. The van der Waals surface area contributed by atoms with Crippen molar-refractivity contribution in [1.29, 1.82) is 0 Å². The molecule has 0 saturated carbocycles. The summed E-state index contributed by atoms with van der Waals surface area (Å²) in [6, 6.07) is 4.90. The lowest BCUT2D eigenvalue weighted by atomic mass is 10.1. The van der Waals surface area contributed by atoms with Crippen LogP contribution < -0.4 is 5.32 Å². The van der Waals surface area contributed by atoms with E-state index in [1.54, 1.807) is 11.3 Å². The number of nitrogens with one attached hydrogen (secondary N) is 2. The van der Waals surface area contributed by atoms with Crippen molar-refractivity contribution in [3.63, 3.8) is 0 Å². The van der Waals surface area contributed by atoms with Gasteiger partial charge in [-0.1, -0.05) is 6.07 Å². The Morgan fingerprint density at radius 1 is 1.39 bits per heavy atom. The summed E-state index contributed by atoms with van der Waals surface area (Å²) in [4.78, 5) is 1.27. The summed E-state index contributed by atoms with van der Waals surface area (Å²) in [7, 11) is 0. The van der Waals surface area contributed by atoms with Gasteiger partial charge in [-0.15, -0.1) is 11.3 Å². The minimum absolute atomic E-state index is 0.678. The first-order valence-corrected chi connectivity index (χ1v) is 8.34. The van der Waals surface area contributed by atoms with Crippen LogP contribution in [0.3, 0.4) is 0 Å². The highest BCUT2D eigenvalue weighted by atomic mass is 32.2. The average molecular weight is 279 g/mol. The number of aromatic amines is 1. The normalized spacial score (nSPS) is 17.1. The van der Waals surface area contributed by atoms with E-state index in [2.05, 4.69) is 44.8 Å². The van der Waals surface area contributed by atoms with E-state index in [4.69, 9.17) is 0 Å². The third-order valence-electron chi connectivity index (χ3n) is 3.29. The smallest absolute Gasteiger partial charge is 0.0794 e. The number of rotatable bonds is 4. The zero-order valence-electron chi connectivity index (χ0n) is 10.2. The van der Waals surface area contributed by atoms with Crippen LogP contribution in [-0.2, 0) is 6.54 Å². The number of thioether (sulfide) groups is 1. The first-order chi connectivity index (χ1) is 8.93. The highest BCUT2D eigenvalue weighted by Crippen LogP contribution is 2.26. The molecule has 0 unspecified atom stereocenters. The maximum absolute atomic E-state index is 4.18. The summed E-state index contributed by atoms with van der Waals surface area (Å²) >= 11 is 3.82. The third kappa shape index (κ3) is 2.79. The molecule has 1 saturated heterocycles. The lowest BCUT2D eigenvalue weighted by Crippen LogP contribution is -2.32. The molecule has 2 aromatic rings. The molecule has 0 bridgehead atoms. The molecule has 1 aliphatic rings. The van der Waals surface area contributed by atoms with Gasteiger partial charge in [0.15, 0.2) is 0 Å². The van der Waals surface area contributed by atoms with Crippen LogP contribution in [0.5, 0.6) is 0 Å². The van der Waals surface area contributed by atoms with Crippen LogP contribution in [0.15, 0.2) is 23.7 Å². The molecule has 5 heteroatoms. The molecule has 2 N–H and O–H groups in total. The van der Waals surface area contributed by atoms with Crippen LogP contribution in [0.1, 0.15) is 18.4 Å². The Hall–Kier alpha value is -0.780. The second kappa shape index (κ2) is 5.91. The fraction of sp³-hybridized carbons (Fsp3) is 0.462. The van der Waals surface area contributed by atoms with Gasteiger partial charge in [0.05, 0.1) is 16.8 Å². The molecule has 3 heterocycles. The molecular formula is C13H17N3S2. The van der Waals surface area contributed by atoms with Gasteiger partial charge in [0.2, 0.25) is 0 Å². The van der Waals surface area contributed by atoms with Gasteiger partial charge >= 0.3 is 0 Å². The van der Waals surface area contributed by atoms with E-state index in [1.165, 1.54) is 40.5 Å². The van der Waals surface area contributed by atoms with Crippen LogP contribution in [0.2, 0.25) is 0 Å². The van der Waals surface area contributed by atoms with E-state index in [1.807, 2.05) is 6.20 Å². The Morgan fingerprint density at radius 2 is 2.28 bits per heavy atom. The van der Waals surface area contributed by atoms with Crippen molar-refractivity contribution in [3.8, 4) is 10.6 Å². The van der Waals surface area contributed by atoms with Crippen molar-refractivity contribution in [2.24, 2.45) is 0 Å². The van der Waals surface area contributed by atoms with Crippen LogP contribution in [0.25, 0.3) is 10.6 Å². The van der Waals surface area contributed by atoms with E-state index in [0.717, 1.165) is 6.54 Å². The fourth-order valence-electron chi connectivity index (χ4n) is 2.24. The Balaban J connectivity index is 1.64. The van der Waals surface area contributed by atoms with Gasteiger partial charge in [0.25, 0.3) is 0 Å². The lowest BCUT2D eigenvalue weighted by Gasteiger charge is -2.22. The molecule has 0 aliphatic carbocycles. The Bertz CT molecular complexity index is 472. The highest BCUT2D eigenvalue weighted by molar-refractivity contribution is 7.99. The molecule has 0 spiro atoms. The molecule has 2 aromatic heterocycles. The molecule has 0 atom stereocenters. The van der Waals surface area contributed by atoms with Crippen molar-refractivity contribution in [2.45, 2.75) is 25.4 Å². The van der Waals surface area contributed by atoms with Crippen molar-refractivity contribution in [2.75, 3.05) is 11.5 Å². The summed E-state index contributed by atoms with van der Waals surface area (Å²) < 4.78 is 0. The fourth-order valence-corrected chi connectivity index (χ4v) is 4.10. The Labute approximate surface area is 115 Å². The van der Waals surface area contributed by atoms with Gasteiger partial charge in [-0.2, -0.15) is 16.9 Å². The predicted molar refractivity (Wildman–Crippen MR) is 79.1 cm³/mol. The van der Waals surface area contributed by atoms with Gasteiger partial charge in [-0.3, -0.25) is 5.10 Å². The van der Waals surface area contributed by atoms with Gasteiger partial charge < -0.3 is 5.32 Å². The first-order valence-electron chi connectivity index (χ1n) is 6.31. The minimum Gasteiger partial charge on any atom is -0.310 e. The number of nitrogens with zero attached hydrogens (tertiary/aromatic N) is 1. The van der Waals surface area contributed by atoms with E-state index in [0.29, 0.717) is 6.04 Å². The maximum atomic E-state index is 4.18. The van der Waals surface area contributed by atoms with E-state index in [9.17, 15) is 0 Å². The molecule has 18 heavy (non-hydrogen) atoms. The topological polar surface area (TPSA) is 40.7 Å². The number of aromatic nitrogens is 2. The second-order valence-electron chi connectivity index (χ2n) is 4.52. The molecule has 1 aliphatic heterocycles. The summed E-state index contributed by atoms with van der Waals surface area (Å²) in [5.41, 5.74) is 2.44. The number of hydrogen-bond donors (Lipinski definition) is 2. The van der Waals surface area contributed by atoms with E-state index in [-0.39, 0.29) is 0 Å². The molecular weight excluding hydrogens is 262 g/mol. The SMILES string of the molecule is c1csc(-c2[nH]ncc2CNC2CCSCC2)c1. The summed E-state index contributed by atoms with van der Waals surface area (Å²) in [6.07, 6.45) is 4.52. The standard InChI is InChI=1S/C13H17N3S2/c1-2-12(18-5-1)13-10(9-15-16-13)8-14-11-3-6-17-7-4-11/h1-2,5,9,11,14H,3-4,6-8H2,(H,15,16). The molecule has 3 nitrogen and oxygen atoms in total. The summed E-state index contributed by atoms with van der Waals surface area (Å²) in [5, 5.41) is 13.1. The molecule has 0 aromatic carbocycles. The average Bonchev–Trinajstić information content (AvgIpc) is 3.08. The van der Waals surface area contributed by atoms with E-state index < -0.39 is 0 Å². The lowest BCUT2D eigenvalue weighted by molar-refractivity contribution is 0.482. The summed E-state index contributed by atoms with van der Waals surface area (Å²) in [6.45, 7) is 0.916. The van der Waals surface area contributed by atoms with Gasteiger partial charge in [-0.25, -0.2) is 0 Å². The van der Waals surface area contributed by atoms with Crippen molar-refractivity contribution < 1.29 is 0 Å². The van der Waals surface area contributed by atoms with Crippen LogP contribution in [0.4, 0.5) is 0 Å². The minimum atomic E-state index is 0.678. The molecule has 96 valence electrons. The number of H-pyrrole nitrogens is 1. The third-order valence-corrected chi connectivity index (χ3v) is 5.22. The van der Waals surface area contributed by atoms with E-state index >= 15 is 0 Å². The molecule has 0 amide bonds. The van der Waals surface area contributed by atoms with Crippen molar-refractivity contribution in [3.05, 3.63) is 29.3 Å². The number of thiophene rings is 1. The Kier molecular flexibility index (Phi) is 4.02. The zero-order chi connectivity index (χ0) is 12.2. The molecule has 1 fully saturated rings. The van der Waals surface area contributed by atoms with Crippen molar-refractivity contribution >= 4 is 23.1 Å². The summed E-state index contributed by atoms with van der Waals surface area (Å²) in [5.74, 6) is 2.58. The van der Waals surface area contributed by atoms with Crippen LogP contribution >= 0.6 is 23.1 Å². The zero-order valence-corrected chi connectivity index (χ0v) is 11.8. The largest absolute Gasteiger partial charge is 0.310 e.